The van der Waals surface area contributed by atoms with E-state index in [-0.39, 0.29) is 23.1 Å². The van der Waals surface area contributed by atoms with Crippen LogP contribution in [0.25, 0.3) is 16.9 Å². The van der Waals surface area contributed by atoms with Gasteiger partial charge in [0, 0.05) is 24.3 Å². The van der Waals surface area contributed by atoms with Crippen LogP contribution in [0.1, 0.15) is 54.4 Å². The monoisotopic (exact) mass is 473 g/mol. The summed E-state index contributed by atoms with van der Waals surface area (Å²) in [5, 5.41) is 23.0. The number of rotatable bonds is 5. The van der Waals surface area contributed by atoms with Crippen LogP contribution in [0.5, 0.6) is 0 Å². The number of hydrogen-bond acceptors (Lipinski definition) is 7. The van der Waals surface area contributed by atoms with E-state index >= 15 is 0 Å². The van der Waals surface area contributed by atoms with Crippen molar-refractivity contribution in [1.29, 1.82) is 5.26 Å². The quantitative estimate of drug-likeness (QED) is 0.518. The molecule has 35 heavy (non-hydrogen) atoms. The van der Waals surface area contributed by atoms with E-state index in [4.69, 9.17) is 10.00 Å². The number of nitrogens with one attached hydrogen (secondary N) is 3. The number of methoxy groups -OCH3 is 1. The molecule has 0 aromatic carbocycles. The minimum absolute atomic E-state index is 0.165. The molecule has 3 aliphatic rings. The predicted molar refractivity (Wildman–Crippen MR) is 129 cm³/mol. The number of hydrogen-bond donors (Lipinski definition) is 3. The van der Waals surface area contributed by atoms with Crippen LogP contribution in [-0.4, -0.2) is 51.8 Å². The van der Waals surface area contributed by atoms with E-state index < -0.39 is 0 Å². The first-order valence-electron chi connectivity index (χ1n) is 11.6. The molecule has 2 amide bonds. The normalized spacial score (nSPS) is 22.9. The first kappa shape index (κ1) is 22.7. The van der Waals surface area contributed by atoms with Crippen LogP contribution in [0, 0.1) is 11.3 Å². The van der Waals surface area contributed by atoms with Crippen LogP contribution >= 0.6 is 0 Å². The molecule has 3 heterocycles. The number of carbonyl (C=O) groups is 2. The molecule has 3 aliphatic carbocycles. The van der Waals surface area contributed by atoms with Gasteiger partial charge in [0.05, 0.1) is 47.0 Å². The van der Waals surface area contributed by atoms with Crippen molar-refractivity contribution in [3.8, 4) is 17.5 Å². The van der Waals surface area contributed by atoms with E-state index in [1.54, 1.807) is 23.8 Å². The summed E-state index contributed by atoms with van der Waals surface area (Å²) in [7, 11) is 2.99. The number of amides is 2. The fourth-order valence-electron chi connectivity index (χ4n) is 5.38. The number of fused-ring (bicyclic) bond motifs is 4. The highest BCUT2D eigenvalue weighted by molar-refractivity contribution is 5.99. The van der Waals surface area contributed by atoms with E-state index in [0.717, 1.165) is 49.7 Å². The lowest BCUT2D eigenvalue weighted by Crippen LogP contribution is -2.61. The SMILES string of the molecule is CNC(=O)c1cnc(-c2ccc3cc(C#N)cnn23)cc1NC12CCC(NC(=O)OC)(CC1)CC2. The van der Waals surface area contributed by atoms with E-state index in [1.807, 2.05) is 18.2 Å². The van der Waals surface area contributed by atoms with Crippen LogP contribution in [0.4, 0.5) is 10.5 Å². The number of alkyl carbamates (subject to hydrolysis) is 1. The van der Waals surface area contributed by atoms with Gasteiger partial charge in [-0.15, -0.1) is 0 Å². The largest absolute Gasteiger partial charge is 0.453 e. The van der Waals surface area contributed by atoms with Gasteiger partial charge in [-0.2, -0.15) is 10.4 Å². The standard InChI is InChI=1S/C25H27N7O3/c1-27-22(33)18-15-28-20(21-4-3-17-11-16(13-26)14-29-32(17)21)12-19(18)30-24-5-8-25(9-6-24,10-7-24)31-23(34)35-2/h3-4,11-12,14-15H,5-10H2,1-2H3,(H,27,33)(H,28,30)(H,31,34). The van der Waals surface area contributed by atoms with E-state index in [1.165, 1.54) is 13.3 Å². The molecule has 0 spiro atoms. The second-order valence-electron chi connectivity index (χ2n) is 9.41. The molecule has 2 bridgehead atoms. The molecule has 3 saturated carbocycles. The Morgan fingerprint density at radius 1 is 1.09 bits per heavy atom. The summed E-state index contributed by atoms with van der Waals surface area (Å²) in [6.45, 7) is 0. The van der Waals surface area contributed by atoms with Crippen molar-refractivity contribution in [2.24, 2.45) is 0 Å². The lowest BCUT2D eigenvalue weighted by Gasteiger charge is -2.54. The molecule has 0 unspecified atom stereocenters. The molecule has 10 heteroatoms. The van der Waals surface area contributed by atoms with Crippen LogP contribution in [-0.2, 0) is 4.74 Å². The molecular weight excluding hydrogens is 446 g/mol. The smallest absolute Gasteiger partial charge is 0.407 e. The number of pyridine rings is 1. The highest BCUT2D eigenvalue weighted by Crippen LogP contribution is 2.48. The maximum Gasteiger partial charge on any atom is 0.407 e. The molecule has 6 rings (SSSR count). The molecule has 180 valence electrons. The molecule has 0 aliphatic heterocycles. The third-order valence-electron chi connectivity index (χ3n) is 7.47. The Morgan fingerprint density at radius 3 is 2.46 bits per heavy atom. The Balaban J connectivity index is 1.46. The van der Waals surface area contributed by atoms with Crippen molar-refractivity contribution >= 4 is 23.2 Å². The second kappa shape index (κ2) is 8.58. The molecule has 3 N–H and O–H groups in total. The second-order valence-corrected chi connectivity index (χ2v) is 9.41. The number of anilines is 1. The zero-order valence-electron chi connectivity index (χ0n) is 19.7. The van der Waals surface area contributed by atoms with E-state index in [9.17, 15) is 9.59 Å². The Bertz CT molecular complexity index is 1330. The fourth-order valence-corrected chi connectivity index (χ4v) is 5.38. The zero-order valence-corrected chi connectivity index (χ0v) is 19.7. The van der Waals surface area contributed by atoms with Crippen molar-refractivity contribution in [2.45, 2.75) is 49.6 Å². The minimum atomic E-state index is -0.386. The summed E-state index contributed by atoms with van der Waals surface area (Å²) in [6.07, 6.45) is 7.86. The van der Waals surface area contributed by atoms with Gasteiger partial charge in [-0.1, -0.05) is 0 Å². The summed E-state index contributed by atoms with van der Waals surface area (Å²) in [4.78, 5) is 29.1. The first-order chi connectivity index (χ1) is 16.9. The molecule has 0 saturated heterocycles. The molecular formula is C25H27N7O3. The third kappa shape index (κ3) is 4.03. The van der Waals surface area contributed by atoms with Crippen molar-refractivity contribution in [2.75, 3.05) is 19.5 Å². The third-order valence-corrected chi connectivity index (χ3v) is 7.47. The van der Waals surface area contributed by atoms with Gasteiger partial charge in [-0.05, 0) is 62.8 Å². The molecule has 3 aromatic heterocycles. The summed E-state index contributed by atoms with van der Waals surface area (Å²) < 4.78 is 6.56. The van der Waals surface area contributed by atoms with Gasteiger partial charge >= 0.3 is 6.09 Å². The summed E-state index contributed by atoms with van der Waals surface area (Å²) >= 11 is 0. The summed E-state index contributed by atoms with van der Waals surface area (Å²) in [5.74, 6) is -0.215. The van der Waals surface area contributed by atoms with E-state index in [2.05, 4.69) is 32.1 Å². The van der Waals surface area contributed by atoms with Gasteiger partial charge in [0.15, 0.2) is 0 Å². The van der Waals surface area contributed by atoms with Gasteiger partial charge in [-0.25, -0.2) is 9.31 Å². The first-order valence-corrected chi connectivity index (χ1v) is 11.6. The van der Waals surface area contributed by atoms with Crippen LogP contribution in [0.2, 0.25) is 0 Å². The van der Waals surface area contributed by atoms with E-state index in [0.29, 0.717) is 22.5 Å². The van der Waals surface area contributed by atoms with Crippen molar-refractivity contribution < 1.29 is 14.3 Å². The Hall–Kier alpha value is -4.13. The number of nitriles is 1. The summed E-state index contributed by atoms with van der Waals surface area (Å²) in [6, 6.07) is 9.56. The van der Waals surface area contributed by atoms with Gasteiger partial charge in [0.2, 0.25) is 0 Å². The maximum absolute atomic E-state index is 12.7. The Kier molecular flexibility index (Phi) is 5.55. The highest BCUT2D eigenvalue weighted by Gasteiger charge is 2.49. The minimum Gasteiger partial charge on any atom is -0.453 e. The van der Waals surface area contributed by atoms with Gasteiger partial charge in [0.1, 0.15) is 6.07 Å². The molecule has 3 aromatic rings. The van der Waals surface area contributed by atoms with Gasteiger partial charge in [0.25, 0.3) is 5.91 Å². The maximum atomic E-state index is 12.7. The topological polar surface area (TPSA) is 133 Å². The molecule has 10 nitrogen and oxygen atoms in total. The Morgan fingerprint density at radius 2 is 1.80 bits per heavy atom. The van der Waals surface area contributed by atoms with Crippen molar-refractivity contribution in [1.82, 2.24) is 25.2 Å². The predicted octanol–water partition coefficient (Wildman–Crippen LogP) is 3.24. The van der Waals surface area contributed by atoms with Crippen LogP contribution < -0.4 is 16.0 Å². The van der Waals surface area contributed by atoms with Crippen LogP contribution in [0.3, 0.4) is 0 Å². The highest BCUT2D eigenvalue weighted by atomic mass is 16.5. The lowest BCUT2D eigenvalue weighted by atomic mass is 9.61. The lowest BCUT2D eigenvalue weighted by molar-refractivity contribution is 0.0830. The molecule has 0 atom stereocenters. The fraction of sp³-hybridized carbons (Fsp3) is 0.400. The molecule has 3 fully saturated rings. The average molecular weight is 474 g/mol. The molecule has 0 radical (unpaired) electrons. The zero-order chi connectivity index (χ0) is 24.6. The number of aromatic nitrogens is 3. The van der Waals surface area contributed by atoms with Gasteiger partial charge < -0.3 is 20.7 Å². The van der Waals surface area contributed by atoms with Crippen molar-refractivity contribution in [3.05, 3.63) is 47.8 Å². The Labute approximate surface area is 202 Å². The van der Waals surface area contributed by atoms with Crippen molar-refractivity contribution in [3.63, 3.8) is 0 Å². The van der Waals surface area contributed by atoms with Crippen LogP contribution in [0.15, 0.2) is 36.7 Å². The number of ether oxygens (including phenoxy) is 1. The number of nitrogens with zero attached hydrogens (tertiary/aromatic N) is 4. The summed E-state index contributed by atoms with van der Waals surface area (Å²) in [5.41, 5.74) is 3.51. The number of carbonyl (C=O) groups excluding carboxylic acids is 2. The van der Waals surface area contributed by atoms with Gasteiger partial charge in [-0.3, -0.25) is 9.78 Å². The average Bonchev–Trinajstić information content (AvgIpc) is 3.32.